The fourth-order valence-electron chi connectivity index (χ4n) is 1.90. The molecule has 0 fully saturated rings. The molecule has 0 spiro atoms. The smallest absolute Gasteiger partial charge is 0.252 e. The molecular weight excluding hydrogens is 334 g/mol. The van der Waals surface area contributed by atoms with Crippen LogP contribution in [0.2, 0.25) is 0 Å². The van der Waals surface area contributed by atoms with Crippen molar-refractivity contribution >= 4 is 23.9 Å². The maximum atomic E-state index is 12.0. The quantitative estimate of drug-likeness (QED) is 0.583. The lowest BCUT2D eigenvalue weighted by molar-refractivity contribution is -0.120. The van der Waals surface area contributed by atoms with Gasteiger partial charge < -0.3 is 4.74 Å². The fraction of sp³-hybridized carbons (Fsp3) is 0.211. The summed E-state index contributed by atoms with van der Waals surface area (Å²) in [6.45, 7) is 1.88. The van der Waals surface area contributed by atoms with Crippen molar-refractivity contribution in [2.24, 2.45) is 5.10 Å². The first-order valence-corrected chi connectivity index (χ1v) is 8.82. The van der Waals surface area contributed by atoms with E-state index in [9.17, 15) is 4.79 Å². The number of hydrogen-bond acceptors (Lipinski definition) is 5. The number of nitrogens with zero attached hydrogens (tertiary/aromatic N) is 2. The topological polar surface area (TPSA) is 74.5 Å². The maximum Gasteiger partial charge on any atom is 0.252 e. The van der Waals surface area contributed by atoms with Crippen molar-refractivity contribution in [3.8, 4) is 11.8 Å². The van der Waals surface area contributed by atoms with Crippen LogP contribution in [0.4, 0.5) is 0 Å². The van der Waals surface area contributed by atoms with E-state index in [1.165, 1.54) is 5.56 Å². The Morgan fingerprint density at radius 1 is 1.28 bits per heavy atom. The molecule has 0 bridgehead atoms. The third-order valence-electron chi connectivity index (χ3n) is 3.28. The van der Waals surface area contributed by atoms with E-state index in [1.807, 2.05) is 43.3 Å². The molecule has 0 aliphatic carbocycles. The zero-order valence-corrected chi connectivity index (χ0v) is 14.7. The molecule has 1 atom stereocenters. The predicted molar refractivity (Wildman–Crippen MR) is 100 cm³/mol. The molecule has 6 heteroatoms. The number of thioether (sulfide) groups is 1. The van der Waals surface area contributed by atoms with Crippen LogP contribution in [0.25, 0.3) is 0 Å². The average Bonchev–Trinajstić information content (AvgIpc) is 2.66. The van der Waals surface area contributed by atoms with Gasteiger partial charge in [0.2, 0.25) is 0 Å². The first-order chi connectivity index (χ1) is 12.2. The van der Waals surface area contributed by atoms with E-state index in [0.29, 0.717) is 5.75 Å². The summed E-state index contributed by atoms with van der Waals surface area (Å²) in [5.41, 5.74) is 4.57. The molecule has 0 aromatic heterocycles. The molecule has 1 amide bonds. The van der Waals surface area contributed by atoms with Crippen LogP contribution in [-0.2, 0) is 10.5 Å². The lowest BCUT2D eigenvalue weighted by Gasteiger charge is -2.09. The van der Waals surface area contributed by atoms with Gasteiger partial charge >= 0.3 is 0 Å². The molecule has 0 radical (unpaired) electrons. The van der Waals surface area contributed by atoms with E-state index in [4.69, 9.17) is 10.00 Å². The summed E-state index contributed by atoms with van der Waals surface area (Å²) in [6.07, 6.45) is 1.57. The molecule has 1 N–H and O–H groups in total. The Hall–Kier alpha value is -2.78. The molecule has 128 valence electrons. The minimum atomic E-state index is -0.195. The number of benzene rings is 2. The van der Waals surface area contributed by atoms with Crippen molar-refractivity contribution in [1.29, 1.82) is 5.26 Å². The first-order valence-electron chi connectivity index (χ1n) is 7.77. The van der Waals surface area contributed by atoms with Gasteiger partial charge in [0.1, 0.15) is 11.8 Å². The molecular formula is C19H19N3O2S. The van der Waals surface area contributed by atoms with Gasteiger partial charge in [0.25, 0.3) is 5.91 Å². The number of nitrogens with one attached hydrogen (secondary N) is 1. The number of ether oxygens (including phenoxy) is 1. The van der Waals surface area contributed by atoms with Gasteiger partial charge in [-0.3, -0.25) is 4.79 Å². The van der Waals surface area contributed by atoms with Crippen LogP contribution in [0.3, 0.4) is 0 Å². The van der Waals surface area contributed by atoms with Crippen LogP contribution in [0, 0.1) is 11.3 Å². The largest absolute Gasteiger partial charge is 0.479 e. The Balaban J connectivity index is 1.76. The van der Waals surface area contributed by atoms with Gasteiger partial charge in [0, 0.05) is 5.75 Å². The highest BCUT2D eigenvalue weighted by molar-refractivity contribution is 7.99. The third kappa shape index (κ3) is 6.69. The van der Waals surface area contributed by atoms with Gasteiger partial charge in [-0.2, -0.15) is 10.4 Å². The highest BCUT2D eigenvalue weighted by Crippen LogP contribution is 2.17. The number of rotatable bonds is 8. The van der Waals surface area contributed by atoms with Crippen LogP contribution >= 0.6 is 11.8 Å². The fourth-order valence-corrected chi connectivity index (χ4v) is 2.74. The van der Waals surface area contributed by atoms with E-state index in [0.717, 1.165) is 11.3 Å². The first kappa shape index (κ1) is 18.6. The van der Waals surface area contributed by atoms with Crippen molar-refractivity contribution in [2.75, 3.05) is 6.61 Å². The molecule has 2 aromatic rings. The lowest BCUT2D eigenvalue weighted by Crippen LogP contribution is -2.26. The molecule has 0 unspecified atom stereocenters. The van der Waals surface area contributed by atoms with Crippen LogP contribution in [-0.4, -0.2) is 24.0 Å². The summed E-state index contributed by atoms with van der Waals surface area (Å²) in [6, 6.07) is 19.0. The number of nitriles is 1. The summed E-state index contributed by atoms with van der Waals surface area (Å²) in [5.74, 6) is 1.27. The molecule has 0 aliphatic rings. The van der Waals surface area contributed by atoms with E-state index >= 15 is 0 Å². The van der Waals surface area contributed by atoms with E-state index in [-0.39, 0.29) is 17.8 Å². The molecule has 5 nitrogen and oxygen atoms in total. The number of hydrogen-bond donors (Lipinski definition) is 1. The number of hydrazone groups is 1. The predicted octanol–water partition coefficient (Wildman–Crippen LogP) is 3.36. The van der Waals surface area contributed by atoms with Gasteiger partial charge in [-0.25, -0.2) is 5.43 Å². The lowest BCUT2D eigenvalue weighted by atomic mass is 10.2. The summed E-state index contributed by atoms with van der Waals surface area (Å²) in [5, 5.41) is 12.2. The van der Waals surface area contributed by atoms with Crippen molar-refractivity contribution in [2.45, 2.75) is 17.9 Å². The molecule has 2 rings (SSSR count). The summed E-state index contributed by atoms with van der Waals surface area (Å²) < 4.78 is 5.17. The van der Waals surface area contributed by atoms with E-state index in [2.05, 4.69) is 10.5 Å². The normalized spacial score (nSPS) is 11.7. The van der Waals surface area contributed by atoms with Crippen molar-refractivity contribution in [1.82, 2.24) is 5.43 Å². The highest BCUT2D eigenvalue weighted by atomic mass is 32.2. The van der Waals surface area contributed by atoms with Crippen molar-refractivity contribution in [3.05, 3.63) is 65.7 Å². The molecule has 0 heterocycles. The minimum absolute atomic E-state index is 0.0159. The Morgan fingerprint density at radius 2 is 2.00 bits per heavy atom. The second-order valence-corrected chi connectivity index (χ2v) is 6.52. The Bertz CT molecular complexity index is 740. The zero-order valence-electron chi connectivity index (χ0n) is 13.9. The van der Waals surface area contributed by atoms with Gasteiger partial charge in [-0.1, -0.05) is 30.3 Å². The van der Waals surface area contributed by atoms with Crippen molar-refractivity contribution in [3.63, 3.8) is 0 Å². The molecule has 2 aromatic carbocycles. The number of carbonyl (C=O) groups is 1. The maximum absolute atomic E-state index is 12.0. The average molecular weight is 353 g/mol. The van der Waals surface area contributed by atoms with E-state index < -0.39 is 0 Å². The van der Waals surface area contributed by atoms with Crippen LogP contribution in [0.1, 0.15) is 18.1 Å². The van der Waals surface area contributed by atoms with Crippen LogP contribution in [0.15, 0.2) is 59.7 Å². The SMILES string of the molecule is C[C@H](SCc1ccccc1)C(=O)NN=Cc1ccc(OCC#N)cc1. The zero-order chi connectivity index (χ0) is 17.9. The number of amides is 1. The highest BCUT2D eigenvalue weighted by Gasteiger charge is 2.12. The van der Waals surface area contributed by atoms with Crippen molar-refractivity contribution < 1.29 is 9.53 Å². The second kappa shape index (κ2) is 10.2. The Morgan fingerprint density at radius 3 is 2.68 bits per heavy atom. The second-order valence-electron chi connectivity index (χ2n) is 5.19. The van der Waals surface area contributed by atoms with Gasteiger partial charge in [-0.15, -0.1) is 11.8 Å². The van der Waals surface area contributed by atoms with Gasteiger partial charge in [0.05, 0.1) is 11.5 Å². The summed E-state index contributed by atoms with van der Waals surface area (Å²) in [4.78, 5) is 12.0. The van der Waals surface area contributed by atoms with Gasteiger partial charge in [-0.05, 0) is 42.3 Å². The minimum Gasteiger partial charge on any atom is -0.479 e. The van der Waals surface area contributed by atoms with E-state index in [1.54, 1.807) is 42.2 Å². The molecule has 25 heavy (non-hydrogen) atoms. The molecule has 0 aliphatic heterocycles. The standard InChI is InChI=1S/C19H19N3O2S/c1-15(25-14-17-5-3-2-4-6-17)19(23)22-21-13-16-7-9-18(10-8-16)24-12-11-20/h2-10,13,15H,12,14H2,1H3,(H,22,23)/t15-/m0/s1. The van der Waals surface area contributed by atoms with Crippen LogP contribution in [0.5, 0.6) is 5.75 Å². The number of carbonyl (C=O) groups excluding carboxylic acids is 1. The molecule has 0 saturated heterocycles. The Labute approximate surface area is 151 Å². The monoisotopic (exact) mass is 353 g/mol. The Kier molecular flexibility index (Phi) is 7.54. The third-order valence-corrected chi connectivity index (χ3v) is 4.50. The van der Waals surface area contributed by atoms with Gasteiger partial charge in [0.15, 0.2) is 6.61 Å². The molecule has 0 saturated carbocycles. The summed E-state index contributed by atoms with van der Waals surface area (Å²) >= 11 is 1.56. The van der Waals surface area contributed by atoms with Crippen LogP contribution < -0.4 is 10.2 Å². The summed E-state index contributed by atoms with van der Waals surface area (Å²) in [7, 11) is 0.